The number of hydrogen-bond donors (Lipinski definition) is 2. The Labute approximate surface area is 136 Å². The summed E-state index contributed by atoms with van der Waals surface area (Å²) in [5, 5.41) is 21.4. The molecule has 1 aliphatic rings. The molecule has 2 heterocycles. The summed E-state index contributed by atoms with van der Waals surface area (Å²) in [6, 6.07) is 3.51. The van der Waals surface area contributed by atoms with Gasteiger partial charge in [-0.05, 0) is 24.6 Å². The van der Waals surface area contributed by atoms with Crippen LogP contribution >= 0.6 is 34.8 Å². The summed E-state index contributed by atoms with van der Waals surface area (Å²) >= 11 is 18.6. The summed E-state index contributed by atoms with van der Waals surface area (Å²) < 4.78 is 7.47. The fourth-order valence-corrected chi connectivity index (χ4v) is 3.38. The molecule has 0 saturated carbocycles. The lowest BCUT2D eigenvalue weighted by Crippen LogP contribution is -2.24. The Balaban J connectivity index is 2.15. The van der Waals surface area contributed by atoms with Crippen molar-refractivity contribution in [2.45, 2.75) is 31.8 Å². The molecule has 1 aromatic carbocycles. The van der Waals surface area contributed by atoms with Gasteiger partial charge in [0.05, 0.1) is 28.3 Å². The minimum absolute atomic E-state index is 0.236. The maximum atomic E-state index is 9.90. The third-order valence-corrected chi connectivity index (χ3v) is 5.08. The minimum Gasteiger partial charge on any atom is -0.394 e. The molecule has 2 aromatic rings. The van der Waals surface area contributed by atoms with E-state index >= 15 is 0 Å². The highest BCUT2D eigenvalue weighted by Gasteiger charge is 2.36. The number of aliphatic hydroxyl groups excluding tert-OH is 2. The molecule has 0 amide bonds. The molecule has 114 valence electrons. The molecule has 3 rings (SSSR count). The van der Waals surface area contributed by atoms with Gasteiger partial charge in [0.15, 0.2) is 0 Å². The van der Waals surface area contributed by atoms with Gasteiger partial charge < -0.3 is 19.5 Å². The third kappa shape index (κ3) is 2.44. The molecular formula is C14H14Cl3NO3. The molecule has 0 unspecified atom stereocenters. The number of ether oxygens (including phenoxy) is 1. The highest BCUT2D eigenvalue weighted by molar-refractivity contribution is 6.43. The zero-order chi connectivity index (χ0) is 15.3. The van der Waals surface area contributed by atoms with Crippen LogP contribution in [0.4, 0.5) is 0 Å². The van der Waals surface area contributed by atoms with Crippen LogP contribution in [0.25, 0.3) is 10.9 Å². The van der Waals surface area contributed by atoms with Crippen LogP contribution in [0.5, 0.6) is 0 Å². The van der Waals surface area contributed by atoms with Gasteiger partial charge in [0, 0.05) is 11.8 Å². The highest BCUT2D eigenvalue weighted by Crippen LogP contribution is 2.40. The summed E-state index contributed by atoms with van der Waals surface area (Å²) in [6.45, 7) is 1.65. The Hall–Kier alpha value is -0.490. The van der Waals surface area contributed by atoms with Gasteiger partial charge in [-0.2, -0.15) is 0 Å². The van der Waals surface area contributed by atoms with Gasteiger partial charge in [-0.25, -0.2) is 0 Å². The normalized spacial score (nSPS) is 25.9. The average molecular weight is 351 g/mol. The summed E-state index contributed by atoms with van der Waals surface area (Å²) in [7, 11) is 0. The smallest absolute Gasteiger partial charge is 0.138 e. The second-order valence-electron chi connectivity index (χ2n) is 5.18. The average Bonchev–Trinajstić information content (AvgIpc) is 2.91. The topological polar surface area (TPSA) is 54.6 Å². The van der Waals surface area contributed by atoms with Gasteiger partial charge in [0.25, 0.3) is 0 Å². The first-order chi connectivity index (χ1) is 9.93. The molecular weight excluding hydrogens is 337 g/mol. The van der Waals surface area contributed by atoms with Crippen molar-refractivity contribution >= 4 is 45.7 Å². The summed E-state index contributed by atoms with van der Waals surface area (Å²) in [6.07, 6.45) is -1.42. The Bertz CT molecular complexity index is 701. The monoisotopic (exact) mass is 349 g/mol. The minimum atomic E-state index is -0.725. The lowest BCUT2D eigenvalue weighted by atomic mass is 10.2. The molecule has 0 aliphatic carbocycles. The zero-order valence-corrected chi connectivity index (χ0v) is 13.5. The molecule has 3 atom stereocenters. The van der Waals surface area contributed by atoms with Crippen molar-refractivity contribution in [3.63, 3.8) is 0 Å². The molecule has 0 bridgehead atoms. The number of aromatic nitrogens is 1. The largest absolute Gasteiger partial charge is 0.394 e. The van der Waals surface area contributed by atoms with Gasteiger partial charge in [0.2, 0.25) is 0 Å². The second kappa shape index (κ2) is 5.61. The number of nitrogens with zero attached hydrogens (tertiary/aromatic N) is 1. The lowest BCUT2D eigenvalue weighted by molar-refractivity contribution is -0.0428. The first kappa shape index (κ1) is 15.4. The third-order valence-electron chi connectivity index (χ3n) is 3.90. The van der Waals surface area contributed by atoms with Crippen LogP contribution in [-0.4, -0.2) is 33.6 Å². The van der Waals surface area contributed by atoms with Crippen molar-refractivity contribution in [2.24, 2.45) is 0 Å². The van der Waals surface area contributed by atoms with Crippen molar-refractivity contribution in [1.82, 2.24) is 4.57 Å². The second-order valence-corrected chi connectivity index (χ2v) is 6.36. The Morgan fingerprint density at radius 2 is 1.95 bits per heavy atom. The predicted molar refractivity (Wildman–Crippen MR) is 83.3 cm³/mol. The van der Waals surface area contributed by atoms with E-state index < -0.39 is 18.4 Å². The molecule has 1 aliphatic heterocycles. The van der Waals surface area contributed by atoms with Crippen molar-refractivity contribution in [3.05, 3.63) is 32.9 Å². The first-order valence-corrected chi connectivity index (χ1v) is 7.66. The van der Waals surface area contributed by atoms with E-state index in [9.17, 15) is 10.2 Å². The van der Waals surface area contributed by atoms with Crippen molar-refractivity contribution in [1.29, 1.82) is 0 Å². The van der Waals surface area contributed by atoms with Crippen molar-refractivity contribution < 1.29 is 14.9 Å². The quantitative estimate of drug-likeness (QED) is 0.871. The molecule has 1 aromatic heterocycles. The molecule has 1 saturated heterocycles. The Morgan fingerprint density at radius 1 is 1.29 bits per heavy atom. The van der Waals surface area contributed by atoms with E-state index in [-0.39, 0.29) is 6.61 Å². The number of aryl methyl sites for hydroxylation is 1. The van der Waals surface area contributed by atoms with E-state index in [1.807, 2.05) is 6.92 Å². The van der Waals surface area contributed by atoms with E-state index in [2.05, 4.69) is 0 Å². The van der Waals surface area contributed by atoms with Crippen LogP contribution in [0.2, 0.25) is 15.2 Å². The van der Waals surface area contributed by atoms with Crippen LogP contribution in [0.3, 0.4) is 0 Å². The standard InChI is InChI=1S/C14H14Cl3NO3/c1-6-7-2-8(15)9(16)3-10(7)18(14(6)17)13-4-11(20)12(5-19)21-13/h2-3,11-13,19-20H,4-5H2,1H3/t11-,12+,13+/m0/s1. The molecule has 1 fully saturated rings. The molecule has 21 heavy (non-hydrogen) atoms. The Kier molecular flexibility index (Phi) is 4.12. The molecule has 4 nitrogen and oxygen atoms in total. The van der Waals surface area contributed by atoms with Gasteiger partial charge >= 0.3 is 0 Å². The van der Waals surface area contributed by atoms with Gasteiger partial charge in [0.1, 0.15) is 17.5 Å². The predicted octanol–water partition coefficient (Wildman–Crippen LogP) is 3.55. The number of fused-ring (bicyclic) bond motifs is 1. The van der Waals surface area contributed by atoms with Crippen molar-refractivity contribution in [3.8, 4) is 0 Å². The maximum absolute atomic E-state index is 9.90. The fraction of sp³-hybridized carbons (Fsp3) is 0.429. The van der Waals surface area contributed by atoms with Crippen LogP contribution in [-0.2, 0) is 4.74 Å². The first-order valence-electron chi connectivity index (χ1n) is 6.53. The summed E-state index contributed by atoms with van der Waals surface area (Å²) in [5.41, 5.74) is 1.67. The number of rotatable bonds is 2. The van der Waals surface area contributed by atoms with Crippen LogP contribution in [0.1, 0.15) is 18.2 Å². The molecule has 7 heteroatoms. The van der Waals surface area contributed by atoms with Crippen LogP contribution in [0, 0.1) is 6.92 Å². The zero-order valence-electron chi connectivity index (χ0n) is 11.2. The van der Waals surface area contributed by atoms with Crippen LogP contribution in [0.15, 0.2) is 12.1 Å². The van der Waals surface area contributed by atoms with Gasteiger partial charge in [-0.1, -0.05) is 34.8 Å². The fourth-order valence-electron chi connectivity index (χ4n) is 2.75. The Morgan fingerprint density at radius 3 is 2.57 bits per heavy atom. The highest BCUT2D eigenvalue weighted by atomic mass is 35.5. The molecule has 0 radical (unpaired) electrons. The number of hydrogen-bond acceptors (Lipinski definition) is 3. The van der Waals surface area contributed by atoms with E-state index in [4.69, 9.17) is 39.5 Å². The number of benzene rings is 1. The lowest BCUT2D eigenvalue weighted by Gasteiger charge is -2.16. The number of aliphatic hydroxyl groups is 2. The summed E-state index contributed by atoms with van der Waals surface area (Å²) in [4.78, 5) is 0. The summed E-state index contributed by atoms with van der Waals surface area (Å²) in [5.74, 6) is 0. The van der Waals surface area contributed by atoms with Crippen molar-refractivity contribution in [2.75, 3.05) is 6.61 Å². The van der Waals surface area contributed by atoms with Gasteiger partial charge in [-0.15, -0.1) is 0 Å². The SMILES string of the molecule is Cc1c(Cl)n([C@H]2C[C@H](O)[C@@H](CO)O2)c2cc(Cl)c(Cl)cc12. The van der Waals surface area contributed by atoms with E-state index in [0.717, 1.165) is 16.5 Å². The molecule has 2 N–H and O–H groups in total. The van der Waals surface area contributed by atoms with E-state index in [0.29, 0.717) is 21.6 Å². The van der Waals surface area contributed by atoms with E-state index in [1.165, 1.54) is 0 Å². The van der Waals surface area contributed by atoms with Gasteiger partial charge in [-0.3, -0.25) is 0 Å². The van der Waals surface area contributed by atoms with E-state index in [1.54, 1.807) is 16.7 Å². The molecule has 0 spiro atoms. The van der Waals surface area contributed by atoms with Crippen LogP contribution < -0.4 is 0 Å². The maximum Gasteiger partial charge on any atom is 0.138 e. The number of halogens is 3.